The first kappa shape index (κ1) is 44.1. The van der Waals surface area contributed by atoms with E-state index < -0.39 is 98.9 Å². The first-order chi connectivity index (χ1) is 28.9. The standard InChI is InChI=1S/C41H51F2N7O9S2/c1-40(2,3)32(47-35(52)30(46-39(55)58-4)22-11-6-5-7-12-22)37(53)50-21-23(59-36-31(29-15-10-18-60-29)44-26-13-8-9-14-27(26)45-36)19-28(50)34(51)48-41(20-25(41)33(42)43)38(54)49-61(56,57)24-16-17-24/h8-10,13-15,18,22-25,28,30,32-33H,5-7,11-12,16-17,19-21H2,1-4H3,(H,46,55)(H,47,52)(H,48,51)(H,49,54)/t23-,25+,28+,30+,32-,41-/m1/s1. The van der Waals surface area contributed by atoms with Crippen molar-refractivity contribution >= 4 is 62.1 Å². The van der Waals surface area contributed by atoms with E-state index >= 15 is 0 Å². The summed E-state index contributed by atoms with van der Waals surface area (Å²) in [4.78, 5) is 81.0. The summed E-state index contributed by atoms with van der Waals surface area (Å²) >= 11 is 1.40. The molecule has 330 valence electrons. The molecule has 1 saturated heterocycles. The molecule has 16 nitrogen and oxygen atoms in total. The number of rotatable bonds is 14. The van der Waals surface area contributed by atoms with Gasteiger partial charge in [-0.2, -0.15) is 0 Å². The van der Waals surface area contributed by atoms with Crippen LogP contribution in [0.5, 0.6) is 5.88 Å². The molecule has 3 heterocycles. The second-order valence-corrected chi connectivity index (χ2v) is 20.3. The van der Waals surface area contributed by atoms with Gasteiger partial charge in [0.25, 0.3) is 5.91 Å². The number of benzene rings is 1. The van der Waals surface area contributed by atoms with Crippen LogP contribution in [0.3, 0.4) is 0 Å². The average Bonchev–Trinajstić information content (AvgIpc) is 4.11. The lowest BCUT2D eigenvalue weighted by Crippen LogP contribution is -2.62. The van der Waals surface area contributed by atoms with Crippen LogP contribution in [0, 0.1) is 17.3 Å². The maximum Gasteiger partial charge on any atom is 0.407 e. The van der Waals surface area contributed by atoms with Crippen LogP contribution >= 0.6 is 11.3 Å². The number of para-hydroxylation sites is 2. The molecule has 20 heteroatoms. The minimum Gasteiger partial charge on any atom is -0.471 e. The van der Waals surface area contributed by atoms with E-state index in [4.69, 9.17) is 19.4 Å². The Morgan fingerprint density at radius 2 is 1.64 bits per heavy atom. The van der Waals surface area contributed by atoms with Gasteiger partial charge in [-0.05, 0) is 67.0 Å². The number of sulfonamides is 1. The number of carbonyl (C=O) groups excluding carboxylic acids is 5. The summed E-state index contributed by atoms with van der Waals surface area (Å²) in [6.45, 7) is 4.91. The molecule has 4 N–H and O–H groups in total. The average molecular weight is 888 g/mol. The van der Waals surface area contributed by atoms with Crippen LogP contribution in [0.1, 0.15) is 78.6 Å². The Bertz CT molecular complexity index is 2270. The molecule has 3 aliphatic carbocycles. The summed E-state index contributed by atoms with van der Waals surface area (Å²) in [5.41, 5.74) is -1.72. The molecule has 4 fully saturated rings. The van der Waals surface area contributed by atoms with Crippen molar-refractivity contribution in [3.05, 3.63) is 41.8 Å². The highest BCUT2D eigenvalue weighted by Gasteiger charge is 2.67. The molecule has 1 aromatic carbocycles. The molecule has 6 atom stereocenters. The zero-order valence-corrected chi connectivity index (χ0v) is 36.0. The molecule has 7 rings (SSSR count). The molecule has 4 aliphatic rings. The predicted octanol–water partition coefficient (Wildman–Crippen LogP) is 4.29. The van der Waals surface area contributed by atoms with Gasteiger partial charge >= 0.3 is 6.09 Å². The van der Waals surface area contributed by atoms with Gasteiger partial charge in [-0.1, -0.05) is 58.2 Å². The first-order valence-electron chi connectivity index (χ1n) is 20.5. The number of aromatic nitrogens is 2. The molecule has 0 radical (unpaired) electrons. The van der Waals surface area contributed by atoms with Gasteiger partial charge in [0.15, 0.2) is 0 Å². The van der Waals surface area contributed by atoms with Gasteiger partial charge in [0.1, 0.15) is 35.5 Å². The van der Waals surface area contributed by atoms with Crippen LogP contribution in [0.2, 0.25) is 0 Å². The number of carbonyl (C=O) groups is 5. The third-order valence-corrected chi connectivity index (χ3v) is 14.6. The number of nitrogens with zero attached hydrogens (tertiary/aromatic N) is 3. The van der Waals surface area contributed by atoms with Crippen LogP contribution < -0.4 is 25.4 Å². The number of thiophene rings is 1. The van der Waals surface area contributed by atoms with E-state index in [1.165, 1.54) is 23.3 Å². The van der Waals surface area contributed by atoms with Gasteiger partial charge in [0.05, 0.1) is 40.7 Å². The maximum absolute atomic E-state index is 15.0. The summed E-state index contributed by atoms with van der Waals surface area (Å²) in [6, 6.07) is 7.06. The number of nitrogens with one attached hydrogen (secondary N) is 4. The van der Waals surface area contributed by atoms with E-state index in [-0.39, 0.29) is 24.8 Å². The summed E-state index contributed by atoms with van der Waals surface area (Å²) in [7, 11) is -2.99. The SMILES string of the molecule is COC(=O)N[C@H](C(=O)N[C@H](C(=O)N1C[C@H](Oc2nc3ccccc3nc2-c2cccs2)C[C@H]1C(=O)N[C@]1(C(=O)NS(=O)(=O)C2CC2)C[C@H]1C(F)F)C(C)(C)C)C1CCCCC1. The largest absolute Gasteiger partial charge is 0.471 e. The summed E-state index contributed by atoms with van der Waals surface area (Å²) < 4.78 is 67.3. The molecule has 0 unspecified atom stereocenters. The number of halogens is 2. The van der Waals surface area contributed by atoms with Crippen LogP contribution in [-0.4, -0.2) is 108 Å². The Morgan fingerprint density at radius 3 is 2.23 bits per heavy atom. The van der Waals surface area contributed by atoms with Crippen molar-refractivity contribution in [1.29, 1.82) is 0 Å². The van der Waals surface area contributed by atoms with Gasteiger partial charge in [0, 0.05) is 6.42 Å². The van der Waals surface area contributed by atoms with E-state index in [2.05, 4.69) is 16.0 Å². The van der Waals surface area contributed by atoms with Gasteiger partial charge in [-0.3, -0.25) is 23.9 Å². The molecule has 2 aromatic heterocycles. The number of hydrogen-bond donors (Lipinski definition) is 4. The fourth-order valence-corrected chi connectivity index (χ4v) is 10.4. The van der Waals surface area contributed by atoms with Crippen molar-refractivity contribution < 1.29 is 50.6 Å². The summed E-state index contributed by atoms with van der Waals surface area (Å²) in [5.74, 6) is -5.42. The molecule has 61 heavy (non-hydrogen) atoms. The Morgan fingerprint density at radius 1 is 0.951 bits per heavy atom. The van der Waals surface area contributed by atoms with Crippen molar-refractivity contribution in [3.8, 4) is 16.5 Å². The number of fused-ring (bicyclic) bond motifs is 1. The third kappa shape index (κ3) is 9.59. The Balaban J connectivity index is 1.21. The zero-order chi connectivity index (χ0) is 43.9. The van der Waals surface area contributed by atoms with Gasteiger partial charge < -0.3 is 30.3 Å². The molecule has 0 spiro atoms. The molecule has 3 aromatic rings. The number of amides is 5. The van der Waals surface area contributed by atoms with Crippen molar-refractivity contribution in [2.45, 2.75) is 120 Å². The highest BCUT2D eigenvalue weighted by molar-refractivity contribution is 7.91. The summed E-state index contributed by atoms with van der Waals surface area (Å²) in [6.07, 6.45) is -0.964. The normalized spacial score (nSPS) is 24.1. The van der Waals surface area contributed by atoms with Crippen molar-refractivity contribution in [3.63, 3.8) is 0 Å². The monoisotopic (exact) mass is 887 g/mol. The van der Waals surface area contributed by atoms with Gasteiger partial charge in [-0.25, -0.2) is 32.0 Å². The lowest BCUT2D eigenvalue weighted by Gasteiger charge is -2.37. The number of likely N-dealkylation sites (tertiary alicyclic amines) is 1. The van der Waals surface area contributed by atoms with E-state index in [9.17, 15) is 41.2 Å². The van der Waals surface area contributed by atoms with E-state index in [1.807, 2.05) is 28.3 Å². The maximum atomic E-state index is 15.0. The highest BCUT2D eigenvalue weighted by atomic mass is 32.2. The lowest BCUT2D eigenvalue weighted by atomic mass is 9.82. The molecule has 5 amide bonds. The second kappa shape index (κ2) is 17.4. The number of methoxy groups -OCH3 is 1. The zero-order valence-electron chi connectivity index (χ0n) is 34.3. The van der Waals surface area contributed by atoms with Gasteiger partial charge in [0.2, 0.25) is 40.1 Å². The van der Waals surface area contributed by atoms with E-state index in [1.54, 1.807) is 39.0 Å². The quantitative estimate of drug-likeness (QED) is 0.179. The molecule has 3 saturated carbocycles. The van der Waals surface area contributed by atoms with Crippen molar-refractivity contribution in [2.75, 3.05) is 13.7 Å². The van der Waals surface area contributed by atoms with Crippen LogP contribution in [0.4, 0.5) is 13.6 Å². The van der Waals surface area contributed by atoms with Crippen LogP contribution in [0.15, 0.2) is 41.8 Å². The van der Waals surface area contributed by atoms with E-state index in [0.717, 1.165) is 24.1 Å². The molecule has 0 bridgehead atoms. The Kier molecular flexibility index (Phi) is 12.6. The Labute approximate surface area is 356 Å². The molecular weight excluding hydrogens is 837 g/mol. The number of alkyl halides is 2. The molecule has 1 aliphatic heterocycles. The fraction of sp³-hybridized carbons (Fsp3) is 0.585. The predicted molar refractivity (Wildman–Crippen MR) is 220 cm³/mol. The van der Waals surface area contributed by atoms with Crippen LogP contribution in [0.25, 0.3) is 21.6 Å². The minimum atomic E-state index is -4.17. The smallest absolute Gasteiger partial charge is 0.407 e. The van der Waals surface area contributed by atoms with Crippen molar-refractivity contribution in [2.24, 2.45) is 17.3 Å². The number of alkyl carbamates (subject to hydrolysis) is 1. The first-order valence-corrected chi connectivity index (χ1v) is 22.9. The second-order valence-electron chi connectivity index (χ2n) is 17.4. The highest BCUT2D eigenvalue weighted by Crippen LogP contribution is 2.48. The summed E-state index contributed by atoms with van der Waals surface area (Å²) in [5, 5.41) is 8.95. The molecular formula is C41H51F2N7O9S2. The Hall–Kier alpha value is -4.98. The number of ether oxygens (including phenoxy) is 2. The third-order valence-electron chi connectivity index (χ3n) is 12.0. The van der Waals surface area contributed by atoms with Gasteiger partial charge in [-0.15, -0.1) is 11.3 Å². The lowest BCUT2D eigenvalue weighted by molar-refractivity contribution is -0.145. The number of hydrogen-bond acceptors (Lipinski definition) is 12. The fourth-order valence-electron chi connectivity index (χ4n) is 8.31. The van der Waals surface area contributed by atoms with E-state index in [0.29, 0.717) is 42.4 Å². The van der Waals surface area contributed by atoms with Crippen LogP contribution in [-0.2, 0) is 33.9 Å². The minimum absolute atomic E-state index is 0.116. The van der Waals surface area contributed by atoms with Crippen molar-refractivity contribution in [1.82, 2.24) is 35.5 Å². The topological polar surface area (TPSA) is 215 Å².